The highest BCUT2D eigenvalue weighted by molar-refractivity contribution is 5.85. The fraction of sp³-hybridized carbons (Fsp3) is 0.632. The third kappa shape index (κ3) is 3.89. The molecule has 1 aromatic carbocycles. The van der Waals surface area contributed by atoms with Gasteiger partial charge in [0, 0.05) is 19.0 Å². The van der Waals surface area contributed by atoms with Crippen LogP contribution in [0.3, 0.4) is 0 Å². The van der Waals surface area contributed by atoms with Crippen molar-refractivity contribution in [2.45, 2.75) is 32.6 Å². The Hall–Kier alpha value is -1.06. The fourth-order valence-corrected chi connectivity index (χ4v) is 3.94. The lowest BCUT2D eigenvalue weighted by molar-refractivity contribution is -0.139. The summed E-state index contributed by atoms with van der Waals surface area (Å²) in [5.74, 6) is 2.28. The maximum atomic E-state index is 12.7. The van der Waals surface area contributed by atoms with Crippen molar-refractivity contribution in [3.8, 4) is 0 Å². The molecule has 23 heavy (non-hydrogen) atoms. The van der Waals surface area contributed by atoms with Gasteiger partial charge in [0.1, 0.15) is 0 Å². The molecule has 0 saturated carbocycles. The summed E-state index contributed by atoms with van der Waals surface area (Å²) in [5, 5.41) is 3.28. The van der Waals surface area contributed by atoms with Gasteiger partial charge in [-0.25, -0.2) is 0 Å². The van der Waals surface area contributed by atoms with E-state index in [9.17, 15) is 4.79 Å². The van der Waals surface area contributed by atoms with E-state index >= 15 is 0 Å². The molecule has 4 heteroatoms. The van der Waals surface area contributed by atoms with Crippen LogP contribution in [0.1, 0.15) is 38.2 Å². The number of carbonyl (C=O) groups excluding carboxylic acids is 1. The topological polar surface area (TPSA) is 32.3 Å². The van der Waals surface area contributed by atoms with Crippen molar-refractivity contribution >= 4 is 18.3 Å². The molecular formula is C19H29ClN2O. The molecule has 0 radical (unpaired) electrons. The summed E-state index contributed by atoms with van der Waals surface area (Å²) in [6.07, 6.45) is 2.24. The normalized spacial score (nSPS) is 26.1. The van der Waals surface area contributed by atoms with E-state index in [0.29, 0.717) is 23.7 Å². The highest BCUT2D eigenvalue weighted by atomic mass is 35.5. The molecule has 128 valence electrons. The fourth-order valence-electron chi connectivity index (χ4n) is 3.94. The summed E-state index contributed by atoms with van der Waals surface area (Å²) < 4.78 is 0. The van der Waals surface area contributed by atoms with E-state index < -0.39 is 0 Å². The van der Waals surface area contributed by atoms with Crippen molar-refractivity contribution in [3.63, 3.8) is 0 Å². The van der Waals surface area contributed by atoms with Crippen molar-refractivity contribution in [1.29, 1.82) is 0 Å². The number of likely N-dealkylation sites (tertiary alicyclic amines) is 1. The largest absolute Gasteiger partial charge is 0.342 e. The highest BCUT2D eigenvalue weighted by Crippen LogP contribution is 2.35. The zero-order chi connectivity index (χ0) is 15.5. The van der Waals surface area contributed by atoms with Gasteiger partial charge in [-0.05, 0) is 42.8 Å². The lowest BCUT2D eigenvalue weighted by atomic mass is 9.78. The Morgan fingerprint density at radius 1 is 1.30 bits per heavy atom. The number of hydrogen-bond acceptors (Lipinski definition) is 2. The molecule has 2 saturated heterocycles. The zero-order valence-corrected chi connectivity index (χ0v) is 15.0. The van der Waals surface area contributed by atoms with Crippen LogP contribution >= 0.6 is 12.4 Å². The second-order valence-corrected chi connectivity index (χ2v) is 6.97. The van der Waals surface area contributed by atoms with Gasteiger partial charge in [0.25, 0.3) is 0 Å². The molecule has 2 fully saturated rings. The van der Waals surface area contributed by atoms with Crippen LogP contribution in [0.5, 0.6) is 0 Å². The standard InChI is InChI=1S/C19H28N2O.ClH/c1-3-15-13-21(19(22)14(2)17-11-20-12-17)10-9-18(15)16-7-5-4-6-8-16;/h4-8,14-15,17-18,20H,3,9-13H2,1-2H3;1H. The van der Waals surface area contributed by atoms with Crippen molar-refractivity contribution in [3.05, 3.63) is 35.9 Å². The molecule has 0 aliphatic carbocycles. The van der Waals surface area contributed by atoms with E-state index in [1.165, 1.54) is 5.56 Å². The molecule has 3 rings (SSSR count). The highest BCUT2D eigenvalue weighted by Gasteiger charge is 2.36. The van der Waals surface area contributed by atoms with E-state index in [1.54, 1.807) is 0 Å². The Morgan fingerprint density at radius 3 is 2.57 bits per heavy atom. The predicted octanol–water partition coefficient (Wildman–Crippen LogP) is 3.31. The van der Waals surface area contributed by atoms with Gasteiger partial charge in [0.2, 0.25) is 5.91 Å². The monoisotopic (exact) mass is 336 g/mol. The minimum atomic E-state index is 0. The van der Waals surface area contributed by atoms with Crippen LogP contribution in [0.2, 0.25) is 0 Å². The molecule has 2 heterocycles. The molecule has 0 aromatic heterocycles. The van der Waals surface area contributed by atoms with Gasteiger partial charge < -0.3 is 10.2 Å². The minimum Gasteiger partial charge on any atom is -0.342 e. The maximum Gasteiger partial charge on any atom is 0.225 e. The van der Waals surface area contributed by atoms with Gasteiger partial charge in [0.15, 0.2) is 0 Å². The SMILES string of the molecule is CCC1CN(C(=O)C(C)C2CNC2)CCC1c1ccccc1.Cl. The van der Waals surface area contributed by atoms with Gasteiger partial charge in [-0.2, -0.15) is 0 Å². The van der Waals surface area contributed by atoms with Gasteiger partial charge in [-0.15, -0.1) is 12.4 Å². The number of carbonyl (C=O) groups is 1. The van der Waals surface area contributed by atoms with Crippen LogP contribution in [-0.2, 0) is 4.79 Å². The van der Waals surface area contributed by atoms with Crippen molar-refractivity contribution in [2.75, 3.05) is 26.2 Å². The number of nitrogens with zero attached hydrogens (tertiary/aromatic N) is 1. The molecule has 2 aliphatic rings. The van der Waals surface area contributed by atoms with Gasteiger partial charge in [-0.1, -0.05) is 50.6 Å². The molecule has 2 aliphatic heterocycles. The average molecular weight is 337 g/mol. The second-order valence-electron chi connectivity index (χ2n) is 6.97. The average Bonchev–Trinajstić information content (AvgIpc) is 2.52. The first-order chi connectivity index (χ1) is 10.7. The molecule has 3 nitrogen and oxygen atoms in total. The van der Waals surface area contributed by atoms with Crippen molar-refractivity contribution in [1.82, 2.24) is 10.2 Å². The molecule has 0 bridgehead atoms. The van der Waals surface area contributed by atoms with Crippen molar-refractivity contribution < 1.29 is 4.79 Å². The minimum absolute atomic E-state index is 0. The summed E-state index contributed by atoms with van der Waals surface area (Å²) in [5.41, 5.74) is 1.44. The van der Waals surface area contributed by atoms with E-state index in [0.717, 1.165) is 39.0 Å². The van der Waals surface area contributed by atoms with Gasteiger partial charge >= 0.3 is 0 Å². The number of nitrogens with one attached hydrogen (secondary N) is 1. The van der Waals surface area contributed by atoms with Gasteiger partial charge in [-0.3, -0.25) is 4.79 Å². The maximum absolute atomic E-state index is 12.7. The quantitative estimate of drug-likeness (QED) is 0.915. The number of piperidine rings is 1. The Balaban J connectivity index is 0.00000192. The summed E-state index contributed by atoms with van der Waals surface area (Å²) >= 11 is 0. The molecule has 1 amide bonds. The van der Waals surface area contributed by atoms with Crippen LogP contribution in [0.4, 0.5) is 0 Å². The number of amides is 1. The van der Waals surface area contributed by atoms with E-state index in [4.69, 9.17) is 0 Å². The first-order valence-electron chi connectivity index (χ1n) is 8.75. The van der Waals surface area contributed by atoms with Crippen molar-refractivity contribution in [2.24, 2.45) is 17.8 Å². The first-order valence-corrected chi connectivity index (χ1v) is 8.75. The zero-order valence-electron chi connectivity index (χ0n) is 14.2. The molecule has 0 spiro atoms. The lowest BCUT2D eigenvalue weighted by Crippen LogP contribution is -2.52. The second kappa shape index (κ2) is 8.16. The third-order valence-corrected chi connectivity index (χ3v) is 5.71. The van der Waals surface area contributed by atoms with Crippen LogP contribution < -0.4 is 5.32 Å². The number of benzene rings is 1. The Labute approximate surface area is 146 Å². The third-order valence-electron chi connectivity index (χ3n) is 5.71. The number of hydrogen-bond donors (Lipinski definition) is 1. The number of rotatable bonds is 4. The van der Waals surface area contributed by atoms with E-state index in [-0.39, 0.29) is 18.3 Å². The Morgan fingerprint density at radius 2 is 2.00 bits per heavy atom. The number of halogens is 1. The van der Waals surface area contributed by atoms with E-state index in [2.05, 4.69) is 54.4 Å². The predicted molar refractivity (Wildman–Crippen MR) is 96.9 cm³/mol. The molecule has 1 N–H and O–H groups in total. The smallest absolute Gasteiger partial charge is 0.225 e. The van der Waals surface area contributed by atoms with Gasteiger partial charge in [0.05, 0.1) is 0 Å². The first kappa shape index (κ1) is 18.3. The molecule has 1 aromatic rings. The Kier molecular flexibility index (Phi) is 6.49. The molecular weight excluding hydrogens is 308 g/mol. The molecule has 3 unspecified atom stereocenters. The summed E-state index contributed by atoms with van der Waals surface area (Å²) in [4.78, 5) is 14.9. The summed E-state index contributed by atoms with van der Waals surface area (Å²) in [6.45, 7) is 8.22. The molecule has 3 atom stereocenters. The van der Waals surface area contributed by atoms with Crippen LogP contribution in [0.15, 0.2) is 30.3 Å². The summed E-state index contributed by atoms with van der Waals surface area (Å²) in [7, 11) is 0. The van der Waals surface area contributed by atoms with Crippen LogP contribution in [0, 0.1) is 17.8 Å². The van der Waals surface area contributed by atoms with E-state index in [1.807, 2.05) is 0 Å². The lowest BCUT2D eigenvalue weighted by Gasteiger charge is -2.41. The van der Waals surface area contributed by atoms with Crippen LogP contribution in [0.25, 0.3) is 0 Å². The summed E-state index contributed by atoms with van der Waals surface area (Å²) in [6, 6.07) is 10.8. The van der Waals surface area contributed by atoms with Crippen LogP contribution in [-0.4, -0.2) is 37.0 Å². The Bertz CT molecular complexity index is 503.